The molecule has 3 aromatic rings. The van der Waals surface area contributed by atoms with Crippen LogP contribution in [0, 0.1) is 0 Å². The van der Waals surface area contributed by atoms with E-state index in [1.807, 2.05) is 18.3 Å². The van der Waals surface area contributed by atoms with Crippen LogP contribution in [0.5, 0.6) is 0 Å². The Kier molecular flexibility index (Phi) is 4.71. The van der Waals surface area contributed by atoms with Crippen LogP contribution in [0.25, 0.3) is 10.6 Å². The Morgan fingerprint density at radius 1 is 1.17 bits per heavy atom. The van der Waals surface area contributed by atoms with Crippen LogP contribution < -0.4 is 0 Å². The summed E-state index contributed by atoms with van der Waals surface area (Å²) in [6, 6.07) is 12.7. The fourth-order valence-corrected chi connectivity index (χ4v) is 4.05. The lowest BCUT2D eigenvalue weighted by atomic mass is 10.1. The SMILES string of the molecule is c1ccc(CN2CCCCCC2c2cc(-c3cccs3)on2)nc1. The molecule has 1 atom stereocenters. The first-order valence-corrected chi connectivity index (χ1v) is 9.42. The van der Waals surface area contributed by atoms with Crippen molar-refractivity contribution >= 4 is 11.3 Å². The molecule has 1 aliphatic rings. The normalized spacial score (nSPS) is 19.2. The predicted octanol–water partition coefficient (Wildman–Crippen LogP) is 4.92. The standard InChI is InChI=1S/C19H21N3OS/c1-2-8-17(16-13-18(23-21-16)19-9-6-12-24-19)22(11-5-1)14-15-7-3-4-10-20-15/h3-4,6-7,9-10,12-13,17H,1-2,5,8,11,14H2. The summed E-state index contributed by atoms with van der Waals surface area (Å²) in [5.74, 6) is 0.877. The fraction of sp³-hybridized carbons (Fsp3) is 0.368. The van der Waals surface area contributed by atoms with Gasteiger partial charge >= 0.3 is 0 Å². The molecule has 124 valence electrons. The summed E-state index contributed by atoms with van der Waals surface area (Å²) in [6.45, 7) is 1.95. The Balaban J connectivity index is 1.58. The fourth-order valence-electron chi connectivity index (χ4n) is 3.37. The number of pyridine rings is 1. The van der Waals surface area contributed by atoms with Gasteiger partial charge in [0, 0.05) is 18.8 Å². The van der Waals surface area contributed by atoms with E-state index in [1.165, 1.54) is 19.3 Å². The summed E-state index contributed by atoms with van der Waals surface area (Å²) in [4.78, 5) is 8.14. The molecule has 0 aliphatic carbocycles. The molecule has 0 N–H and O–H groups in total. The van der Waals surface area contributed by atoms with Gasteiger partial charge in [-0.15, -0.1) is 11.3 Å². The van der Waals surface area contributed by atoms with Gasteiger partial charge in [0.2, 0.25) is 0 Å². The highest BCUT2D eigenvalue weighted by molar-refractivity contribution is 7.13. The minimum absolute atomic E-state index is 0.312. The molecular formula is C19H21N3OS. The third kappa shape index (κ3) is 3.42. The van der Waals surface area contributed by atoms with Crippen molar-refractivity contribution in [2.24, 2.45) is 0 Å². The molecule has 0 spiro atoms. The number of likely N-dealkylation sites (tertiary alicyclic amines) is 1. The van der Waals surface area contributed by atoms with Gasteiger partial charge in [-0.05, 0) is 43.0 Å². The summed E-state index contributed by atoms with van der Waals surface area (Å²) in [5, 5.41) is 6.46. The van der Waals surface area contributed by atoms with E-state index in [-0.39, 0.29) is 0 Å². The van der Waals surface area contributed by atoms with Crippen LogP contribution in [0.1, 0.15) is 43.1 Å². The van der Waals surface area contributed by atoms with Crippen LogP contribution in [-0.4, -0.2) is 21.6 Å². The molecule has 0 amide bonds. The van der Waals surface area contributed by atoms with Crippen molar-refractivity contribution in [3.05, 3.63) is 59.4 Å². The Hall–Kier alpha value is -1.98. The highest BCUT2D eigenvalue weighted by Gasteiger charge is 2.26. The number of hydrogen-bond donors (Lipinski definition) is 0. The molecule has 24 heavy (non-hydrogen) atoms. The zero-order valence-corrected chi connectivity index (χ0v) is 14.4. The first-order chi connectivity index (χ1) is 11.9. The molecule has 3 aromatic heterocycles. The molecule has 0 aromatic carbocycles. The maximum absolute atomic E-state index is 5.62. The van der Waals surface area contributed by atoms with E-state index < -0.39 is 0 Å². The second-order valence-electron chi connectivity index (χ2n) is 6.25. The second kappa shape index (κ2) is 7.28. The van der Waals surface area contributed by atoms with Gasteiger partial charge in [0.15, 0.2) is 5.76 Å². The summed E-state index contributed by atoms with van der Waals surface area (Å²) >= 11 is 1.69. The predicted molar refractivity (Wildman–Crippen MR) is 95.7 cm³/mol. The number of nitrogens with zero attached hydrogens (tertiary/aromatic N) is 3. The number of thiophene rings is 1. The van der Waals surface area contributed by atoms with Crippen LogP contribution in [-0.2, 0) is 6.54 Å². The quantitative estimate of drug-likeness (QED) is 0.677. The maximum atomic E-state index is 5.62. The zero-order valence-electron chi connectivity index (χ0n) is 13.6. The molecule has 1 aliphatic heterocycles. The first-order valence-electron chi connectivity index (χ1n) is 8.54. The Morgan fingerprint density at radius 3 is 3.00 bits per heavy atom. The molecule has 1 saturated heterocycles. The van der Waals surface area contributed by atoms with Crippen molar-refractivity contribution < 1.29 is 4.52 Å². The summed E-state index contributed by atoms with van der Waals surface area (Å²) < 4.78 is 5.62. The van der Waals surface area contributed by atoms with Crippen LogP contribution in [0.4, 0.5) is 0 Å². The molecule has 4 rings (SSSR count). The van der Waals surface area contributed by atoms with E-state index >= 15 is 0 Å². The topological polar surface area (TPSA) is 42.2 Å². The minimum Gasteiger partial charge on any atom is -0.355 e. The van der Waals surface area contributed by atoms with E-state index in [2.05, 4.69) is 44.7 Å². The van der Waals surface area contributed by atoms with Crippen molar-refractivity contribution in [3.8, 4) is 10.6 Å². The lowest BCUT2D eigenvalue weighted by Gasteiger charge is -2.27. The van der Waals surface area contributed by atoms with Gasteiger partial charge in [-0.3, -0.25) is 9.88 Å². The van der Waals surface area contributed by atoms with Crippen molar-refractivity contribution in [1.29, 1.82) is 0 Å². The number of aromatic nitrogens is 2. The van der Waals surface area contributed by atoms with E-state index in [1.54, 1.807) is 11.3 Å². The average Bonchev–Trinajstić information content (AvgIpc) is 3.25. The van der Waals surface area contributed by atoms with Crippen LogP contribution in [0.3, 0.4) is 0 Å². The lowest BCUT2D eigenvalue weighted by molar-refractivity contribution is 0.182. The van der Waals surface area contributed by atoms with E-state index in [0.717, 1.165) is 41.5 Å². The van der Waals surface area contributed by atoms with Crippen molar-refractivity contribution in [1.82, 2.24) is 15.0 Å². The third-order valence-electron chi connectivity index (χ3n) is 4.59. The summed E-state index contributed by atoms with van der Waals surface area (Å²) in [7, 11) is 0. The Morgan fingerprint density at radius 2 is 2.17 bits per heavy atom. The number of hydrogen-bond acceptors (Lipinski definition) is 5. The molecule has 4 nitrogen and oxygen atoms in total. The smallest absolute Gasteiger partial charge is 0.177 e. The molecular weight excluding hydrogens is 318 g/mol. The van der Waals surface area contributed by atoms with Crippen molar-refractivity contribution in [3.63, 3.8) is 0 Å². The largest absolute Gasteiger partial charge is 0.355 e. The van der Waals surface area contributed by atoms with Crippen LogP contribution in [0.2, 0.25) is 0 Å². The van der Waals surface area contributed by atoms with Gasteiger partial charge in [0.05, 0.1) is 16.6 Å². The molecule has 0 bridgehead atoms. The molecule has 0 saturated carbocycles. The molecule has 1 fully saturated rings. The Bertz CT molecular complexity index is 754. The van der Waals surface area contributed by atoms with E-state index in [9.17, 15) is 0 Å². The highest BCUT2D eigenvalue weighted by Crippen LogP contribution is 2.33. The van der Waals surface area contributed by atoms with Crippen LogP contribution in [0.15, 0.2) is 52.5 Å². The minimum atomic E-state index is 0.312. The van der Waals surface area contributed by atoms with Gasteiger partial charge in [-0.2, -0.15) is 0 Å². The molecule has 5 heteroatoms. The average molecular weight is 339 g/mol. The summed E-state index contributed by atoms with van der Waals surface area (Å²) in [5.41, 5.74) is 2.17. The van der Waals surface area contributed by atoms with Gasteiger partial charge < -0.3 is 4.52 Å². The van der Waals surface area contributed by atoms with Gasteiger partial charge in [0.1, 0.15) is 5.69 Å². The summed E-state index contributed by atoms with van der Waals surface area (Å²) in [6.07, 6.45) is 6.75. The molecule has 0 radical (unpaired) electrons. The van der Waals surface area contributed by atoms with Crippen molar-refractivity contribution in [2.75, 3.05) is 6.54 Å². The van der Waals surface area contributed by atoms with Gasteiger partial charge in [-0.25, -0.2) is 0 Å². The maximum Gasteiger partial charge on any atom is 0.177 e. The second-order valence-corrected chi connectivity index (χ2v) is 7.20. The zero-order chi connectivity index (χ0) is 16.2. The van der Waals surface area contributed by atoms with E-state index in [4.69, 9.17) is 4.52 Å². The number of rotatable bonds is 4. The molecule has 4 heterocycles. The van der Waals surface area contributed by atoms with Gasteiger partial charge in [-0.1, -0.05) is 30.1 Å². The third-order valence-corrected chi connectivity index (χ3v) is 5.47. The van der Waals surface area contributed by atoms with Gasteiger partial charge in [0.25, 0.3) is 0 Å². The first kappa shape index (κ1) is 15.5. The van der Waals surface area contributed by atoms with E-state index in [0.29, 0.717) is 6.04 Å². The molecule has 1 unspecified atom stereocenters. The monoisotopic (exact) mass is 339 g/mol. The van der Waals surface area contributed by atoms with Crippen LogP contribution >= 0.6 is 11.3 Å². The Labute approximate surface area is 146 Å². The van der Waals surface area contributed by atoms with Crippen molar-refractivity contribution in [2.45, 2.75) is 38.3 Å². The highest BCUT2D eigenvalue weighted by atomic mass is 32.1. The lowest BCUT2D eigenvalue weighted by Crippen LogP contribution is -2.28.